The van der Waals surface area contributed by atoms with E-state index < -0.39 is 0 Å². The Morgan fingerprint density at radius 1 is 0.367 bits per heavy atom. The minimum Gasteiger partial charge on any atom is -0.456 e. The molecule has 0 bridgehead atoms. The molecule has 4 nitrogen and oxygen atoms in total. The molecular weight excluding hydrogens is 599 g/mol. The molecule has 0 radical (unpaired) electrons. The predicted molar refractivity (Wildman–Crippen MR) is 200 cm³/mol. The van der Waals surface area contributed by atoms with Crippen LogP contribution in [-0.2, 0) is 0 Å². The number of benzene rings is 6. The number of aromatic nitrogens is 3. The summed E-state index contributed by atoms with van der Waals surface area (Å²) in [5.41, 5.74) is 13.2. The van der Waals surface area contributed by atoms with Gasteiger partial charge in [-0.3, -0.25) is 4.98 Å². The molecule has 9 rings (SSSR count). The lowest BCUT2D eigenvalue weighted by Gasteiger charge is -2.13. The summed E-state index contributed by atoms with van der Waals surface area (Å²) in [6.07, 6.45) is 3.67. The number of pyridine rings is 1. The Balaban J connectivity index is 1.14. The van der Waals surface area contributed by atoms with E-state index in [0.29, 0.717) is 5.82 Å². The Morgan fingerprint density at radius 3 is 1.63 bits per heavy atom. The van der Waals surface area contributed by atoms with Gasteiger partial charge >= 0.3 is 0 Å². The summed E-state index contributed by atoms with van der Waals surface area (Å²) in [5, 5.41) is 2.24. The topological polar surface area (TPSA) is 51.8 Å². The van der Waals surface area contributed by atoms with E-state index in [0.717, 1.165) is 77.8 Å². The van der Waals surface area contributed by atoms with Gasteiger partial charge in [-0.05, 0) is 58.1 Å². The molecule has 0 aliphatic carbocycles. The van der Waals surface area contributed by atoms with Crippen LogP contribution < -0.4 is 0 Å². The number of hydrogen-bond acceptors (Lipinski definition) is 4. The molecule has 9 aromatic rings. The first-order valence-corrected chi connectivity index (χ1v) is 16.3. The van der Waals surface area contributed by atoms with Crippen molar-refractivity contribution in [1.29, 1.82) is 0 Å². The molecule has 0 spiro atoms. The molecule has 0 N–H and O–H groups in total. The highest BCUT2D eigenvalue weighted by molar-refractivity contribution is 6.06. The molecule has 6 aromatic carbocycles. The van der Waals surface area contributed by atoms with E-state index in [2.05, 4.69) is 132 Å². The predicted octanol–water partition coefficient (Wildman–Crippen LogP) is 11.8. The van der Waals surface area contributed by atoms with Gasteiger partial charge in [-0.25, -0.2) is 9.97 Å². The van der Waals surface area contributed by atoms with Crippen molar-refractivity contribution >= 4 is 21.9 Å². The standard InChI is InChI=1S/C45H29N3O/c1-2-9-30(10-3-1)31-16-20-33(21-17-31)41-28-42(48-45(47-41)39-14-5-4-12-37(39)36-11-8-26-46-29-36)34-22-18-32(19-23-34)35-24-25-44-40(27-35)38-13-6-7-15-43(38)49-44/h1-29H. The maximum atomic E-state index is 6.06. The van der Waals surface area contributed by atoms with Gasteiger partial charge < -0.3 is 4.42 Å². The number of fused-ring (bicyclic) bond motifs is 3. The van der Waals surface area contributed by atoms with Crippen LogP contribution in [0.15, 0.2) is 181 Å². The zero-order valence-corrected chi connectivity index (χ0v) is 26.5. The molecule has 0 saturated heterocycles. The number of furan rings is 1. The van der Waals surface area contributed by atoms with Crippen molar-refractivity contribution in [2.24, 2.45) is 0 Å². The van der Waals surface area contributed by atoms with Crippen molar-refractivity contribution < 1.29 is 4.42 Å². The quantitative estimate of drug-likeness (QED) is 0.184. The first-order chi connectivity index (χ1) is 24.3. The molecule has 230 valence electrons. The Morgan fingerprint density at radius 2 is 0.918 bits per heavy atom. The maximum absolute atomic E-state index is 6.06. The Bertz CT molecular complexity index is 2570. The van der Waals surface area contributed by atoms with Gasteiger partial charge in [-0.2, -0.15) is 0 Å². The first-order valence-electron chi connectivity index (χ1n) is 16.3. The van der Waals surface area contributed by atoms with E-state index in [1.807, 2.05) is 42.6 Å². The van der Waals surface area contributed by atoms with Crippen molar-refractivity contribution in [2.45, 2.75) is 0 Å². The summed E-state index contributed by atoms with van der Waals surface area (Å²) < 4.78 is 6.06. The van der Waals surface area contributed by atoms with Crippen molar-refractivity contribution in [3.8, 4) is 67.3 Å². The molecule has 0 unspecified atom stereocenters. The van der Waals surface area contributed by atoms with E-state index in [9.17, 15) is 0 Å². The van der Waals surface area contributed by atoms with E-state index >= 15 is 0 Å². The van der Waals surface area contributed by atoms with Gasteiger partial charge in [0.1, 0.15) is 11.2 Å². The van der Waals surface area contributed by atoms with Crippen LogP contribution in [0.4, 0.5) is 0 Å². The van der Waals surface area contributed by atoms with Crippen LogP contribution in [0.1, 0.15) is 0 Å². The van der Waals surface area contributed by atoms with E-state index in [4.69, 9.17) is 14.4 Å². The zero-order chi connectivity index (χ0) is 32.6. The normalized spacial score (nSPS) is 11.3. The minimum absolute atomic E-state index is 0.667. The van der Waals surface area contributed by atoms with Gasteiger partial charge in [0, 0.05) is 45.4 Å². The van der Waals surface area contributed by atoms with Crippen molar-refractivity contribution in [1.82, 2.24) is 15.0 Å². The van der Waals surface area contributed by atoms with Crippen molar-refractivity contribution in [2.75, 3.05) is 0 Å². The second kappa shape index (κ2) is 12.2. The summed E-state index contributed by atoms with van der Waals surface area (Å²) in [4.78, 5) is 14.7. The van der Waals surface area contributed by atoms with E-state index in [1.165, 1.54) is 5.56 Å². The smallest absolute Gasteiger partial charge is 0.161 e. The fraction of sp³-hybridized carbons (Fsp3) is 0. The molecular formula is C45H29N3O. The largest absolute Gasteiger partial charge is 0.456 e. The lowest BCUT2D eigenvalue weighted by molar-refractivity contribution is 0.669. The third-order valence-electron chi connectivity index (χ3n) is 9.05. The van der Waals surface area contributed by atoms with Crippen LogP contribution >= 0.6 is 0 Å². The molecule has 0 saturated carbocycles. The SMILES string of the molecule is c1ccc(-c2ccc(-c3cc(-c4ccc(-c5ccc6oc7ccccc7c6c5)cc4)nc(-c4ccccc4-c4cccnc4)n3)cc2)cc1. The monoisotopic (exact) mass is 627 g/mol. The van der Waals surface area contributed by atoms with E-state index in [1.54, 1.807) is 6.20 Å². The Hall–Kier alpha value is -6.65. The second-order valence-electron chi connectivity index (χ2n) is 12.1. The second-order valence-corrected chi connectivity index (χ2v) is 12.1. The van der Waals surface area contributed by atoms with Crippen LogP contribution in [0.25, 0.3) is 89.2 Å². The molecule has 0 atom stereocenters. The minimum atomic E-state index is 0.667. The molecule has 0 amide bonds. The van der Waals surface area contributed by atoms with Crippen molar-refractivity contribution in [3.05, 3.63) is 176 Å². The Kier molecular flexibility index (Phi) is 7.10. The summed E-state index contributed by atoms with van der Waals surface area (Å²) in [5.74, 6) is 0.667. The number of hydrogen-bond donors (Lipinski definition) is 0. The van der Waals surface area contributed by atoms with Gasteiger partial charge in [0.05, 0.1) is 11.4 Å². The first kappa shape index (κ1) is 28.6. The highest BCUT2D eigenvalue weighted by atomic mass is 16.3. The lowest BCUT2D eigenvalue weighted by atomic mass is 9.98. The lowest BCUT2D eigenvalue weighted by Crippen LogP contribution is -1.97. The molecule has 3 aromatic heterocycles. The van der Waals surface area contributed by atoms with Gasteiger partial charge in [0.2, 0.25) is 0 Å². The summed E-state index contributed by atoms with van der Waals surface area (Å²) in [6.45, 7) is 0. The van der Waals surface area contributed by atoms with Gasteiger partial charge in [-0.15, -0.1) is 0 Å². The summed E-state index contributed by atoms with van der Waals surface area (Å²) in [6, 6.07) is 56.6. The maximum Gasteiger partial charge on any atom is 0.161 e. The molecule has 0 aliphatic heterocycles. The number of para-hydroxylation sites is 1. The van der Waals surface area contributed by atoms with Gasteiger partial charge in [0.15, 0.2) is 5.82 Å². The Labute approximate surface area is 284 Å². The van der Waals surface area contributed by atoms with Crippen LogP contribution in [0.3, 0.4) is 0 Å². The highest BCUT2D eigenvalue weighted by Gasteiger charge is 2.15. The van der Waals surface area contributed by atoms with Crippen LogP contribution in [0.2, 0.25) is 0 Å². The molecule has 0 aliphatic rings. The van der Waals surface area contributed by atoms with Crippen LogP contribution in [-0.4, -0.2) is 15.0 Å². The van der Waals surface area contributed by atoms with E-state index in [-0.39, 0.29) is 0 Å². The van der Waals surface area contributed by atoms with Gasteiger partial charge in [0.25, 0.3) is 0 Å². The average molecular weight is 628 g/mol. The number of rotatable bonds is 6. The van der Waals surface area contributed by atoms with Gasteiger partial charge in [-0.1, -0.05) is 133 Å². The van der Waals surface area contributed by atoms with Crippen LogP contribution in [0, 0.1) is 0 Å². The molecule has 3 heterocycles. The third-order valence-corrected chi connectivity index (χ3v) is 9.05. The fourth-order valence-electron chi connectivity index (χ4n) is 6.52. The molecule has 49 heavy (non-hydrogen) atoms. The average Bonchev–Trinajstić information content (AvgIpc) is 3.57. The summed E-state index contributed by atoms with van der Waals surface area (Å²) >= 11 is 0. The third kappa shape index (κ3) is 5.45. The highest BCUT2D eigenvalue weighted by Crippen LogP contribution is 2.36. The fourth-order valence-corrected chi connectivity index (χ4v) is 6.52. The van der Waals surface area contributed by atoms with Crippen molar-refractivity contribution in [3.63, 3.8) is 0 Å². The number of nitrogens with zero attached hydrogens (tertiary/aromatic N) is 3. The summed E-state index contributed by atoms with van der Waals surface area (Å²) in [7, 11) is 0. The molecule has 0 fully saturated rings. The van der Waals surface area contributed by atoms with Crippen LogP contribution in [0.5, 0.6) is 0 Å². The zero-order valence-electron chi connectivity index (χ0n) is 26.5. The molecule has 4 heteroatoms.